The molecule has 0 rings (SSSR count). The molecule has 2 atom stereocenters. The molecule has 1 amide bonds. The summed E-state index contributed by atoms with van der Waals surface area (Å²) in [6.07, 6.45) is 77.7. The van der Waals surface area contributed by atoms with E-state index in [9.17, 15) is 19.8 Å². The summed E-state index contributed by atoms with van der Waals surface area (Å²) < 4.78 is 5.47. The summed E-state index contributed by atoms with van der Waals surface area (Å²) in [5.74, 6) is -0.0624. The van der Waals surface area contributed by atoms with Gasteiger partial charge in [-0.05, 0) is 57.8 Å². The largest absolute Gasteiger partial charge is 0.466 e. The first-order valence-corrected chi connectivity index (χ1v) is 32.3. The van der Waals surface area contributed by atoms with Crippen molar-refractivity contribution >= 4 is 11.9 Å². The summed E-state index contributed by atoms with van der Waals surface area (Å²) in [7, 11) is 0. The summed E-state index contributed by atoms with van der Waals surface area (Å²) in [5.41, 5.74) is 0. The third kappa shape index (κ3) is 57.4. The Morgan fingerprint density at radius 2 is 0.722 bits per heavy atom. The van der Waals surface area contributed by atoms with Crippen LogP contribution < -0.4 is 5.32 Å². The van der Waals surface area contributed by atoms with Crippen LogP contribution in [0.4, 0.5) is 0 Å². The van der Waals surface area contributed by atoms with Crippen molar-refractivity contribution in [3.8, 4) is 0 Å². The summed E-state index contributed by atoms with van der Waals surface area (Å²) in [5, 5.41) is 23.2. The normalized spacial score (nSPS) is 12.8. The molecule has 3 N–H and O–H groups in total. The van der Waals surface area contributed by atoms with Crippen LogP contribution >= 0.6 is 0 Å². The molecule has 0 aliphatic carbocycles. The molecular weight excluding hydrogens is 887 g/mol. The Morgan fingerprint density at radius 3 is 1.11 bits per heavy atom. The van der Waals surface area contributed by atoms with Crippen LogP contribution in [-0.4, -0.2) is 47.4 Å². The fourth-order valence-electron chi connectivity index (χ4n) is 9.97. The Kier molecular flexibility index (Phi) is 60.0. The number of allylic oxidation sites excluding steroid dienone is 5. The second-order valence-corrected chi connectivity index (χ2v) is 22.1. The molecule has 0 saturated heterocycles. The van der Waals surface area contributed by atoms with Gasteiger partial charge in [0.05, 0.1) is 25.4 Å². The van der Waals surface area contributed by atoms with Gasteiger partial charge in [0.2, 0.25) is 5.91 Å². The maximum Gasteiger partial charge on any atom is 0.305 e. The molecule has 6 nitrogen and oxygen atoms in total. The molecule has 0 aromatic heterocycles. The topological polar surface area (TPSA) is 95.9 Å². The van der Waals surface area contributed by atoms with Crippen molar-refractivity contribution in [2.45, 2.75) is 360 Å². The molecule has 0 aliphatic heterocycles. The summed E-state index contributed by atoms with van der Waals surface area (Å²) >= 11 is 0. The predicted octanol–water partition coefficient (Wildman–Crippen LogP) is 20.4. The molecule has 6 heteroatoms. The van der Waals surface area contributed by atoms with E-state index in [0.717, 1.165) is 51.4 Å². The maximum atomic E-state index is 12.5. The van der Waals surface area contributed by atoms with Crippen LogP contribution in [0.15, 0.2) is 36.5 Å². The average molecular weight is 1010 g/mol. The number of esters is 1. The Bertz CT molecular complexity index is 1170. The highest BCUT2D eigenvalue weighted by Gasteiger charge is 2.18. The minimum absolute atomic E-state index is 0.00151. The summed E-state index contributed by atoms with van der Waals surface area (Å²) in [6, 6.07) is -0.626. The quantitative estimate of drug-likeness (QED) is 0.0320. The second-order valence-electron chi connectivity index (χ2n) is 22.1. The zero-order valence-electron chi connectivity index (χ0n) is 48.4. The number of ether oxygens (including phenoxy) is 1. The molecule has 2 unspecified atom stereocenters. The first-order chi connectivity index (χ1) is 35.5. The van der Waals surface area contributed by atoms with Crippen LogP contribution in [0.5, 0.6) is 0 Å². The monoisotopic (exact) mass is 1010 g/mol. The highest BCUT2D eigenvalue weighted by atomic mass is 16.5. The van der Waals surface area contributed by atoms with Gasteiger partial charge in [0, 0.05) is 12.8 Å². The summed E-state index contributed by atoms with van der Waals surface area (Å²) in [4.78, 5) is 24.5. The van der Waals surface area contributed by atoms with Crippen molar-refractivity contribution in [3.63, 3.8) is 0 Å². The lowest BCUT2D eigenvalue weighted by Crippen LogP contribution is -2.45. The number of nitrogens with one attached hydrogen (secondary N) is 1. The highest BCUT2D eigenvalue weighted by Crippen LogP contribution is 2.18. The number of aliphatic hydroxyl groups is 2. The number of aliphatic hydroxyl groups excluding tert-OH is 2. The van der Waals surface area contributed by atoms with Crippen LogP contribution in [0.2, 0.25) is 0 Å². The lowest BCUT2D eigenvalue weighted by molar-refractivity contribution is -0.143. The zero-order chi connectivity index (χ0) is 52.2. The number of rotatable bonds is 60. The minimum Gasteiger partial charge on any atom is -0.466 e. The number of carbonyl (C=O) groups excluding carboxylic acids is 2. The van der Waals surface area contributed by atoms with Crippen molar-refractivity contribution < 1.29 is 24.5 Å². The summed E-state index contributed by atoms with van der Waals surface area (Å²) in [6.45, 7) is 4.85. The minimum atomic E-state index is -0.843. The Labute approximate surface area is 449 Å². The first-order valence-electron chi connectivity index (χ1n) is 32.3. The van der Waals surface area contributed by atoms with Gasteiger partial charge in [-0.3, -0.25) is 9.59 Å². The SMILES string of the molecule is CCC/C=C\C/C=C\CCCCCCCC(=O)OCCCCCCCCCCCCCCCCCCCCCCCCCCCCC(=O)NC(CO)C(O)/C=C/CCCCCCCCCCCCCCCC. The zero-order valence-corrected chi connectivity index (χ0v) is 48.4. The number of hydrogen-bond acceptors (Lipinski definition) is 5. The molecule has 72 heavy (non-hydrogen) atoms. The predicted molar refractivity (Wildman–Crippen MR) is 315 cm³/mol. The van der Waals surface area contributed by atoms with Crippen molar-refractivity contribution in [2.75, 3.05) is 13.2 Å². The molecule has 0 radical (unpaired) electrons. The standard InChI is InChI=1S/C66H125NO5/c1-3-5-7-9-11-13-15-17-18-31-35-38-42-46-50-54-58-64(69)63(62-68)67-65(70)59-55-51-47-43-39-36-32-29-27-25-23-21-19-20-22-24-26-28-30-33-37-41-45-49-53-57-61-72-66(71)60-56-52-48-44-40-34-16-14-12-10-8-6-4-2/h8,10,14,16,54,58,63-64,68-69H,3-7,9,11-13,15,17-53,55-57,59-62H2,1-2H3,(H,67,70)/b10-8-,16-14-,58-54+. The van der Waals surface area contributed by atoms with E-state index in [1.807, 2.05) is 6.08 Å². The van der Waals surface area contributed by atoms with E-state index in [4.69, 9.17) is 4.74 Å². The molecule has 0 aromatic rings. The smallest absolute Gasteiger partial charge is 0.305 e. The van der Waals surface area contributed by atoms with Gasteiger partial charge in [-0.25, -0.2) is 0 Å². The fourth-order valence-corrected chi connectivity index (χ4v) is 9.97. The van der Waals surface area contributed by atoms with Gasteiger partial charge in [0.15, 0.2) is 0 Å². The van der Waals surface area contributed by atoms with Gasteiger partial charge in [0.1, 0.15) is 0 Å². The van der Waals surface area contributed by atoms with Gasteiger partial charge in [-0.1, -0.05) is 314 Å². The molecule has 0 aromatic carbocycles. The van der Waals surface area contributed by atoms with Gasteiger partial charge in [-0.2, -0.15) is 0 Å². The van der Waals surface area contributed by atoms with Crippen LogP contribution in [0.3, 0.4) is 0 Å². The van der Waals surface area contributed by atoms with Gasteiger partial charge in [-0.15, -0.1) is 0 Å². The molecule has 0 aliphatic rings. The van der Waals surface area contributed by atoms with Gasteiger partial charge < -0.3 is 20.3 Å². The van der Waals surface area contributed by atoms with E-state index >= 15 is 0 Å². The molecule has 0 fully saturated rings. The fraction of sp³-hybridized carbons (Fsp3) is 0.879. The lowest BCUT2D eigenvalue weighted by Gasteiger charge is -2.20. The molecule has 0 heterocycles. The van der Waals surface area contributed by atoms with Crippen LogP contribution in [-0.2, 0) is 14.3 Å². The molecule has 0 bridgehead atoms. The Morgan fingerprint density at radius 1 is 0.389 bits per heavy atom. The highest BCUT2D eigenvalue weighted by molar-refractivity contribution is 5.76. The number of unbranched alkanes of at least 4 members (excludes halogenated alkanes) is 45. The Balaban J connectivity index is 3.38. The second kappa shape index (κ2) is 61.6. The van der Waals surface area contributed by atoms with Crippen molar-refractivity contribution in [3.05, 3.63) is 36.5 Å². The third-order valence-electron chi connectivity index (χ3n) is 14.9. The van der Waals surface area contributed by atoms with E-state index in [2.05, 4.69) is 43.5 Å². The van der Waals surface area contributed by atoms with Crippen molar-refractivity contribution in [2.24, 2.45) is 0 Å². The Hall–Kier alpha value is -1.92. The van der Waals surface area contributed by atoms with Crippen molar-refractivity contribution in [1.29, 1.82) is 0 Å². The molecule has 0 spiro atoms. The van der Waals surface area contributed by atoms with Gasteiger partial charge >= 0.3 is 5.97 Å². The van der Waals surface area contributed by atoms with E-state index in [0.29, 0.717) is 19.4 Å². The third-order valence-corrected chi connectivity index (χ3v) is 14.9. The number of carbonyl (C=O) groups is 2. The number of amides is 1. The molecular formula is C66H125NO5. The van der Waals surface area contributed by atoms with Crippen molar-refractivity contribution in [1.82, 2.24) is 5.32 Å². The van der Waals surface area contributed by atoms with Crippen LogP contribution in [0, 0.1) is 0 Å². The van der Waals surface area contributed by atoms with Gasteiger partial charge in [0.25, 0.3) is 0 Å². The lowest BCUT2D eigenvalue weighted by atomic mass is 10.0. The molecule has 0 saturated carbocycles. The van der Waals surface area contributed by atoms with E-state index in [-0.39, 0.29) is 18.5 Å². The van der Waals surface area contributed by atoms with E-state index in [1.54, 1.807) is 6.08 Å². The molecule has 424 valence electrons. The average Bonchev–Trinajstić information content (AvgIpc) is 3.38. The van der Waals surface area contributed by atoms with E-state index < -0.39 is 12.1 Å². The van der Waals surface area contributed by atoms with Crippen LogP contribution in [0.1, 0.15) is 348 Å². The first kappa shape index (κ1) is 70.1. The maximum absolute atomic E-state index is 12.5. The van der Waals surface area contributed by atoms with E-state index in [1.165, 1.54) is 270 Å². The van der Waals surface area contributed by atoms with Crippen LogP contribution in [0.25, 0.3) is 0 Å². The number of hydrogen-bond donors (Lipinski definition) is 3.